The third kappa shape index (κ3) is 14.6. The molecule has 5 heteroatoms. The van der Waals surface area contributed by atoms with Gasteiger partial charge in [-0.3, -0.25) is 4.79 Å². The molecule has 4 nitrogen and oxygen atoms in total. The topological polar surface area (TPSA) is 66.4 Å². The molecule has 0 fully saturated rings. The van der Waals surface area contributed by atoms with Crippen LogP contribution in [0.15, 0.2) is 34.9 Å². The Bertz CT molecular complexity index is 517. The molecule has 1 amide bonds. The lowest BCUT2D eigenvalue weighted by atomic mass is 10.1. The quantitative estimate of drug-likeness (QED) is 0.387. The molecule has 0 aromatic rings. The Hall–Kier alpha value is -1.49. The van der Waals surface area contributed by atoms with Crippen molar-refractivity contribution in [3.05, 3.63) is 34.9 Å². The Morgan fingerprint density at radius 2 is 1.52 bits per heavy atom. The maximum absolute atomic E-state index is 11.0. The molecule has 1 atom stereocenters. The monoisotopic (exact) mass is 367 g/mol. The standard InChI is InChI=1S/C20H33NO3S/c1-15(2)8-6-9-16(3)10-7-11-17(4)12-13-25-14-19(20(23)24)21-18(5)22/h8,10,12,19H,6-7,9,11,13-14H2,1-5H3,(H,21,22)(H,23,24)/b16-10+,17-12?/t19-/m0/s1. The van der Waals surface area contributed by atoms with Gasteiger partial charge in [0.15, 0.2) is 0 Å². The van der Waals surface area contributed by atoms with Crippen molar-refractivity contribution in [3.8, 4) is 0 Å². The van der Waals surface area contributed by atoms with Gasteiger partial charge in [-0.05, 0) is 53.4 Å². The summed E-state index contributed by atoms with van der Waals surface area (Å²) in [6, 6.07) is -0.817. The van der Waals surface area contributed by atoms with Gasteiger partial charge in [0.05, 0.1) is 0 Å². The minimum absolute atomic E-state index is 0.313. The van der Waals surface area contributed by atoms with Crippen LogP contribution in [0.1, 0.15) is 60.3 Å². The number of carbonyl (C=O) groups is 2. The van der Waals surface area contributed by atoms with Gasteiger partial charge in [0.1, 0.15) is 6.04 Å². The van der Waals surface area contributed by atoms with E-state index in [-0.39, 0.29) is 5.91 Å². The van der Waals surface area contributed by atoms with Crippen LogP contribution in [0.25, 0.3) is 0 Å². The van der Waals surface area contributed by atoms with Crippen LogP contribution in [0.2, 0.25) is 0 Å². The summed E-state index contributed by atoms with van der Waals surface area (Å²) < 4.78 is 0. The van der Waals surface area contributed by atoms with Gasteiger partial charge in [0.2, 0.25) is 5.91 Å². The van der Waals surface area contributed by atoms with Crippen LogP contribution in [0.4, 0.5) is 0 Å². The lowest BCUT2D eigenvalue weighted by Gasteiger charge is -2.12. The molecule has 0 spiro atoms. The molecule has 2 N–H and O–H groups in total. The van der Waals surface area contributed by atoms with E-state index in [9.17, 15) is 9.59 Å². The average molecular weight is 368 g/mol. The lowest BCUT2D eigenvalue weighted by Crippen LogP contribution is -2.41. The molecule has 0 radical (unpaired) electrons. The van der Waals surface area contributed by atoms with Crippen molar-refractivity contribution in [2.75, 3.05) is 11.5 Å². The number of nitrogens with one attached hydrogen (secondary N) is 1. The van der Waals surface area contributed by atoms with Crippen molar-refractivity contribution in [2.24, 2.45) is 0 Å². The summed E-state index contributed by atoms with van der Waals surface area (Å²) in [5.41, 5.74) is 4.11. The summed E-state index contributed by atoms with van der Waals surface area (Å²) in [4.78, 5) is 22.0. The summed E-state index contributed by atoms with van der Waals surface area (Å²) >= 11 is 1.52. The van der Waals surface area contributed by atoms with E-state index in [4.69, 9.17) is 5.11 Å². The van der Waals surface area contributed by atoms with Gasteiger partial charge < -0.3 is 10.4 Å². The second-order valence-corrected chi connectivity index (χ2v) is 7.66. The fourth-order valence-electron chi connectivity index (χ4n) is 2.15. The molecule has 0 bridgehead atoms. The maximum atomic E-state index is 11.0. The van der Waals surface area contributed by atoms with E-state index in [1.807, 2.05) is 0 Å². The highest BCUT2D eigenvalue weighted by atomic mass is 32.2. The Labute approximate surface area is 156 Å². The Morgan fingerprint density at radius 3 is 2.04 bits per heavy atom. The zero-order valence-corrected chi connectivity index (χ0v) is 17.0. The number of hydrogen-bond acceptors (Lipinski definition) is 3. The summed E-state index contributed by atoms with van der Waals surface area (Å²) in [5, 5.41) is 11.5. The number of carboxylic acid groups (broad SMARTS) is 1. The van der Waals surface area contributed by atoms with Crippen molar-refractivity contribution < 1.29 is 14.7 Å². The highest BCUT2D eigenvalue weighted by Gasteiger charge is 2.17. The predicted octanol–water partition coefficient (Wildman–Crippen LogP) is 4.73. The second-order valence-electron chi connectivity index (χ2n) is 6.59. The van der Waals surface area contributed by atoms with E-state index in [0.717, 1.165) is 31.4 Å². The fourth-order valence-corrected chi connectivity index (χ4v) is 3.15. The van der Waals surface area contributed by atoms with Crippen LogP contribution in [-0.4, -0.2) is 34.5 Å². The third-order valence-electron chi connectivity index (χ3n) is 3.63. The fraction of sp³-hybridized carbons (Fsp3) is 0.600. The zero-order chi connectivity index (χ0) is 19.2. The van der Waals surface area contributed by atoms with Crippen LogP contribution in [0.3, 0.4) is 0 Å². The molecule has 0 saturated heterocycles. The number of hydrogen-bond donors (Lipinski definition) is 2. The highest BCUT2D eigenvalue weighted by Crippen LogP contribution is 2.13. The molecule has 0 unspecified atom stereocenters. The number of thioether (sulfide) groups is 1. The molecule has 0 aliphatic rings. The first kappa shape index (κ1) is 23.5. The van der Waals surface area contributed by atoms with E-state index in [2.05, 4.69) is 51.2 Å². The normalized spacial score (nSPS) is 13.3. The molecule has 0 saturated carbocycles. The minimum Gasteiger partial charge on any atom is -0.480 e. The third-order valence-corrected chi connectivity index (χ3v) is 4.60. The van der Waals surface area contributed by atoms with Crippen molar-refractivity contribution in [3.63, 3.8) is 0 Å². The first-order valence-corrected chi connectivity index (χ1v) is 9.90. The Kier molecular flexibility index (Phi) is 12.9. The summed E-state index contributed by atoms with van der Waals surface area (Å²) in [6.45, 7) is 9.87. The van der Waals surface area contributed by atoms with Gasteiger partial charge >= 0.3 is 5.97 Å². The number of allylic oxidation sites excluding steroid dienone is 5. The summed E-state index contributed by atoms with van der Waals surface area (Å²) in [5.74, 6) is -0.163. The van der Waals surface area contributed by atoms with Gasteiger partial charge in [-0.1, -0.05) is 34.9 Å². The molecule has 0 aromatic heterocycles. The van der Waals surface area contributed by atoms with Gasteiger partial charge in [-0.2, -0.15) is 11.8 Å². The number of carboxylic acids is 1. The van der Waals surface area contributed by atoms with E-state index >= 15 is 0 Å². The molecule has 0 aliphatic carbocycles. The van der Waals surface area contributed by atoms with Gasteiger partial charge in [-0.25, -0.2) is 4.79 Å². The molecule has 0 heterocycles. The molecule has 0 rings (SSSR count). The van der Waals surface area contributed by atoms with E-state index in [1.165, 1.54) is 35.4 Å². The SMILES string of the molecule is CC(=O)N[C@@H](CSCC=C(C)CC/C=C(\C)CCC=C(C)C)C(=O)O. The first-order valence-electron chi connectivity index (χ1n) is 8.74. The molecule has 142 valence electrons. The van der Waals surface area contributed by atoms with E-state index < -0.39 is 12.0 Å². The average Bonchev–Trinajstić information content (AvgIpc) is 2.49. The van der Waals surface area contributed by atoms with Gasteiger partial charge in [-0.15, -0.1) is 0 Å². The van der Waals surface area contributed by atoms with Crippen LogP contribution in [0.5, 0.6) is 0 Å². The van der Waals surface area contributed by atoms with Crippen molar-refractivity contribution in [2.45, 2.75) is 66.3 Å². The number of amides is 1. The molecule has 0 aliphatic heterocycles. The predicted molar refractivity (Wildman–Crippen MR) is 108 cm³/mol. The second kappa shape index (κ2) is 13.8. The van der Waals surface area contributed by atoms with Crippen LogP contribution < -0.4 is 5.32 Å². The molecular formula is C20H33NO3S. The van der Waals surface area contributed by atoms with E-state index in [1.54, 1.807) is 0 Å². The van der Waals surface area contributed by atoms with Crippen LogP contribution >= 0.6 is 11.8 Å². The minimum atomic E-state index is -0.989. The van der Waals surface area contributed by atoms with Crippen molar-refractivity contribution in [1.29, 1.82) is 0 Å². The van der Waals surface area contributed by atoms with Crippen LogP contribution in [0, 0.1) is 0 Å². The van der Waals surface area contributed by atoms with E-state index in [0.29, 0.717) is 5.75 Å². The van der Waals surface area contributed by atoms with Crippen molar-refractivity contribution >= 4 is 23.6 Å². The largest absolute Gasteiger partial charge is 0.480 e. The molecular weight excluding hydrogens is 334 g/mol. The number of aliphatic carboxylic acids is 1. The Morgan fingerprint density at radius 1 is 0.960 bits per heavy atom. The van der Waals surface area contributed by atoms with Gasteiger partial charge in [0.25, 0.3) is 0 Å². The smallest absolute Gasteiger partial charge is 0.327 e. The van der Waals surface area contributed by atoms with Crippen LogP contribution in [-0.2, 0) is 9.59 Å². The summed E-state index contributed by atoms with van der Waals surface area (Å²) in [7, 11) is 0. The number of rotatable bonds is 12. The zero-order valence-electron chi connectivity index (χ0n) is 16.2. The molecule has 25 heavy (non-hydrogen) atoms. The van der Waals surface area contributed by atoms with Crippen molar-refractivity contribution in [1.82, 2.24) is 5.32 Å². The maximum Gasteiger partial charge on any atom is 0.327 e. The number of carbonyl (C=O) groups excluding carboxylic acids is 1. The Balaban J connectivity index is 4.07. The lowest BCUT2D eigenvalue weighted by molar-refractivity contribution is -0.140. The summed E-state index contributed by atoms with van der Waals surface area (Å²) in [6.07, 6.45) is 11.0. The van der Waals surface area contributed by atoms with Gasteiger partial charge in [0, 0.05) is 18.4 Å². The molecule has 0 aromatic carbocycles. The first-order chi connectivity index (χ1) is 11.7. The highest BCUT2D eigenvalue weighted by molar-refractivity contribution is 7.99.